The average Bonchev–Trinajstić information content (AvgIpc) is 2.67. The average molecular weight is 431 g/mol. The van der Waals surface area contributed by atoms with Crippen molar-refractivity contribution >= 4 is 23.4 Å². The van der Waals surface area contributed by atoms with Crippen LogP contribution in [0.25, 0.3) is 0 Å². The van der Waals surface area contributed by atoms with Crippen molar-refractivity contribution in [2.75, 3.05) is 6.61 Å². The van der Waals surface area contributed by atoms with Gasteiger partial charge in [0.15, 0.2) is 6.61 Å². The van der Waals surface area contributed by atoms with Gasteiger partial charge in [-0.2, -0.15) is 0 Å². The SMILES string of the molecule is CC[C@H](C(=O)NC(C)(C)C)N(Cc1ccccc1Cl)C(=O)COc1ccc(C)cc1. The molecule has 0 fully saturated rings. The Hall–Kier alpha value is -2.53. The first-order chi connectivity index (χ1) is 14.1. The molecule has 0 aliphatic heterocycles. The molecule has 1 N–H and O–H groups in total. The van der Waals surface area contributed by atoms with E-state index in [0.717, 1.165) is 11.1 Å². The van der Waals surface area contributed by atoms with E-state index in [9.17, 15) is 9.59 Å². The van der Waals surface area contributed by atoms with Crippen LogP contribution in [0.15, 0.2) is 48.5 Å². The van der Waals surface area contributed by atoms with Crippen molar-refractivity contribution in [2.24, 2.45) is 0 Å². The first kappa shape index (κ1) is 23.7. The Labute approximate surface area is 184 Å². The van der Waals surface area contributed by atoms with Crippen LogP contribution in [0.4, 0.5) is 0 Å². The largest absolute Gasteiger partial charge is 0.484 e. The van der Waals surface area contributed by atoms with Crippen molar-refractivity contribution < 1.29 is 14.3 Å². The molecule has 0 saturated carbocycles. The number of hydrogen-bond acceptors (Lipinski definition) is 3. The summed E-state index contributed by atoms with van der Waals surface area (Å²) < 4.78 is 5.69. The third kappa shape index (κ3) is 7.06. The van der Waals surface area contributed by atoms with Gasteiger partial charge in [0.1, 0.15) is 11.8 Å². The molecule has 0 aromatic heterocycles. The van der Waals surface area contributed by atoms with E-state index in [-0.39, 0.29) is 25.0 Å². The summed E-state index contributed by atoms with van der Waals surface area (Å²) in [6.07, 6.45) is 0.475. The normalized spacial score (nSPS) is 12.2. The molecule has 30 heavy (non-hydrogen) atoms. The molecule has 0 spiro atoms. The van der Waals surface area contributed by atoms with Gasteiger partial charge in [0, 0.05) is 17.1 Å². The van der Waals surface area contributed by atoms with Gasteiger partial charge in [0.05, 0.1) is 0 Å². The first-order valence-electron chi connectivity index (χ1n) is 10.1. The number of aryl methyl sites for hydroxylation is 1. The van der Waals surface area contributed by atoms with Crippen molar-refractivity contribution in [1.82, 2.24) is 10.2 Å². The number of halogens is 1. The van der Waals surface area contributed by atoms with Crippen LogP contribution in [0.5, 0.6) is 5.75 Å². The van der Waals surface area contributed by atoms with E-state index in [1.165, 1.54) is 0 Å². The summed E-state index contributed by atoms with van der Waals surface area (Å²) in [5, 5.41) is 3.54. The van der Waals surface area contributed by atoms with Gasteiger partial charge < -0.3 is 15.0 Å². The fraction of sp³-hybridized carbons (Fsp3) is 0.417. The predicted molar refractivity (Wildman–Crippen MR) is 121 cm³/mol. The summed E-state index contributed by atoms with van der Waals surface area (Å²) in [4.78, 5) is 27.6. The van der Waals surface area contributed by atoms with E-state index < -0.39 is 11.6 Å². The topological polar surface area (TPSA) is 58.6 Å². The van der Waals surface area contributed by atoms with E-state index in [0.29, 0.717) is 17.2 Å². The van der Waals surface area contributed by atoms with Gasteiger partial charge in [0.25, 0.3) is 5.91 Å². The molecule has 2 aromatic carbocycles. The minimum Gasteiger partial charge on any atom is -0.484 e. The summed E-state index contributed by atoms with van der Waals surface area (Å²) >= 11 is 6.32. The highest BCUT2D eigenvalue weighted by atomic mass is 35.5. The highest BCUT2D eigenvalue weighted by Crippen LogP contribution is 2.20. The third-order valence-electron chi connectivity index (χ3n) is 4.57. The second kappa shape index (κ2) is 10.5. The lowest BCUT2D eigenvalue weighted by atomic mass is 10.1. The maximum absolute atomic E-state index is 13.1. The van der Waals surface area contributed by atoms with Crippen LogP contribution in [0, 0.1) is 6.92 Å². The molecule has 2 aromatic rings. The zero-order chi connectivity index (χ0) is 22.3. The molecule has 0 bridgehead atoms. The molecule has 2 rings (SSSR count). The fourth-order valence-corrected chi connectivity index (χ4v) is 3.24. The van der Waals surface area contributed by atoms with E-state index in [1.807, 2.05) is 77.1 Å². The zero-order valence-electron chi connectivity index (χ0n) is 18.4. The summed E-state index contributed by atoms with van der Waals surface area (Å²) in [6.45, 7) is 9.69. The molecule has 0 saturated heterocycles. The number of benzene rings is 2. The van der Waals surface area contributed by atoms with E-state index >= 15 is 0 Å². The Bertz CT molecular complexity index is 859. The van der Waals surface area contributed by atoms with Crippen LogP contribution in [-0.2, 0) is 16.1 Å². The van der Waals surface area contributed by atoms with Gasteiger partial charge in [-0.05, 0) is 57.9 Å². The molecule has 0 radical (unpaired) electrons. The molecule has 5 nitrogen and oxygen atoms in total. The van der Waals surface area contributed by atoms with E-state index in [2.05, 4.69) is 5.32 Å². The molecule has 0 heterocycles. The lowest BCUT2D eigenvalue weighted by molar-refractivity contribution is -0.143. The number of ether oxygens (including phenoxy) is 1. The Kier molecular flexibility index (Phi) is 8.30. The first-order valence-corrected chi connectivity index (χ1v) is 10.5. The smallest absolute Gasteiger partial charge is 0.261 e. The molecule has 1 atom stereocenters. The summed E-state index contributed by atoms with van der Waals surface area (Å²) in [6, 6.07) is 14.2. The molecule has 0 aliphatic rings. The quantitative estimate of drug-likeness (QED) is 0.657. The van der Waals surface area contributed by atoms with Gasteiger partial charge >= 0.3 is 0 Å². The molecular weight excluding hydrogens is 400 g/mol. The number of rotatable bonds is 8. The van der Waals surface area contributed by atoms with Crippen LogP contribution in [0.2, 0.25) is 5.02 Å². The molecule has 0 aliphatic carbocycles. The minimum atomic E-state index is -0.630. The molecular formula is C24H31ClN2O3. The minimum absolute atomic E-state index is 0.160. The number of carbonyl (C=O) groups excluding carboxylic acids is 2. The second-order valence-corrected chi connectivity index (χ2v) is 8.79. The number of hydrogen-bond donors (Lipinski definition) is 1. The third-order valence-corrected chi connectivity index (χ3v) is 4.93. The van der Waals surface area contributed by atoms with Crippen LogP contribution in [-0.4, -0.2) is 34.9 Å². The van der Waals surface area contributed by atoms with E-state index in [1.54, 1.807) is 11.0 Å². The van der Waals surface area contributed by atoms with Gasteiger partial charge in [-0.15, -0.1) is 0 Å². The molecule has 162 valence electrons. The number of carbonyl (C=O) groups is 2. The Morgan fingerprint density at radius 3 is 2.30 bits per heavy atom. The van der Waals surface area contributed by atoms with Crippen molar-refractivity contribution in [3.63, 3.8) is 0 Å². The lowest BCUT2D eigenvalue weighted by Crippen LogP contribution is -2.54. The van der Waals surface area contributed by atoms with Crippen LogP contribution >= 0.6 is 11.6 Å². The maximum Gasteiger partial charge on any atom is 0.261 e. The Balaban J connectivity index is 2.24. The van der Waals surface area contributed by atoms with Crippen LogP contribution in [0.1, 0.15) is 45.2 Å². The monoisotopic (exact) mass is 430 g/mol. The fourth-order valence-electron chi connectivity index (χ4n) is 3.05. The zero-order valence-corrected chi connectivity index (χ0v) is 19.1. The number of nitrogens with one attached hydrogen (secondary N) is 1. The standard InChI is InChI=1S/C24H31ClN2O3/c1-6-21(23(29)26-24(3,4)5)27(15-18-9-7-8-10-20(18)25)22(28)16-30-19-13-11-17(2)12-14-19/h7-14,21H,6,15-16H2,1-5H3,(H,26,29)/t21-/m1/s1. The Morgan fingerprint density at radius 1 is 1.10 bits per heavy atom. The second-order valence-electron chi connectivity index (χ2n) is 8.38. The highest BCUT2D eigenvalue weighted by Gasteiger charge is 2.31. The molecule has 0 unspecified atom stereocenters. The molecule has 2 amide bonds. The van der Waals surface area contributed by atoms with Crippen LogP contribution in [0.3, 0.4) is 0 Å². The van der Waals surface area contributed by atoms with Crippen LogP contribution < -0.4 is 10.1 Å². The number of amides is 2. The van der Waals surface area contributed by atoms with Gasteiger partial charge in [-0.3, -0.25) is 9.59 Å². The van der Waals surface area contributed by atoms with E-state index in [4.69, 9.17) is 16.3 Å². The predicted octanol–water partition coefficient (Wildman–Crippen LogP) is 4.75. The van der Waals surface area contributed by atoms with Gasteiger partial charge in [0.2, 0.25) is 5.91 Å². The van der Waals surface area contributed by atoms with Gasteiger partial charge in [-0.1, -0.05) is 54.4 Å². The highest BCUT2D eigenvalue weighted by molar-refractivity contribution is 6.31. The maximum atomic E-state index is 13.1. The van der Waals surface area contributed by atoms with Crippen molar-refractivity contribution in [3.8, 4) is 5.75 Å². The lowest BCUT2D eigenvalue weighted by Gasteiger charge is -2.33. The summed E-state index contributed by atoms with van der Waals surface area (Å²) in [7, 11) is 0. The summed E-state index contributed by atoms with van der Waals surface area (Å²) in [5.74, 6) is 0.144. The van der Waals surface area contributed by atoms with Crippen molar-refractivity contribution in [1.29, 1.82) is 0 Å². The van der Waals surface area contributed by atoms with Crippen molar-refractivity contribution in [3.05, 3.63) is 64.7 Å². The Morgan fingerprint density at radius 2 is 1.73 bits per heavy atom. The summed E-state index contributed by atoms with van der Waals surface area (Å²) in [5.41, 5.74) is 1.49. The van der Waals surface area contributed by atoms with Crippen molar-refractivity contribution in [2.45, 2.75) is 59.2 Å². The number of nitrogens with zero attached hydrogens (tertiary/aromatic N) is 1. The van der Waals surface area contributed by atoms with Gasteiger partial charge in [-0.25, -0.2) is 0 Å². The molecule has 6 heteroatoms.